The fourth-order valence-electron chi connectivity index (χ4n) is 2.07. The Morgan fingerprint density at radius 3 is 2.61 bits per heavy atom. The molecular formula is C17H20N2O3S. The van der Waals surface area contributed by atoms with Gasteiger partial charge in [0.15, 0.2) is 6.61 Å². The van der Waals surface area contributed by atoms with Gasteiger partial charge < -0.3 is 15.8 Å². The molecule has 0 fully saturated rings. The van der Waals surface area contributed by atoms with E-state index in [1.54, 1.807) is 35.6 Å². The number of primary amides is 1. The van der Waals surface area contributed by atoms with E-state index in [2.05, 4.69) is 23.7 Å². The van der Waals surface area contributed by atoms with Crippen LogP contribution in [0.5, 0.6) is 5.75 Å². The van der Waals surface area contributed by atoms with Crippen molar-refractivity contribution in [2.45, 2.75) is 13.3 Å². The molecule has 1 atom stereocenters. The molecule has 1 unspecified atom stereocenters. The van der Waals surface area contributed by atoms with E-state index in [1.807, 2.05) is 6.07 Å². The highest BCUT2D eigenvalue weighted by molar-refractivity contribution is 7.09. The number of carbonyl (C=O) groups is 2. The topological polar surface area (TPSA) is 81.4 Å². The summed E-state index contributed by atoms with van der Waals surface area (Å²) >= 11 is 1.73. The maximum absolute atomic E-state index is 12.1. The number of thiophene rings is 1. The fourth-order valence-corrected chi connectivity index (χ4v) is 2.94. The van der Waals surface area contributed by atoms with Gasteiger partial charge in [-0.25, -0.2) is 0 Å². The van der Waals surface area contributed by atoms with Gasteiger partial charge in [-0.1, -0.05) is 13.0 Å². The first kappa shape index (κ1) is 17.0. The zero-order valence-electron chi connectivity index (χ0n) is 13.0. The average Bonchev–Trinajstić information content (AvgIpc) is 3.04. The van der Waals surface area contributed by atoms with Crippen molar-refractivity contribution in [2.75, 3.05) is 13.2 Å². The van der Waals surface area contributed by atoms with Crippen LogP contribution >= 0.6 is 11.3 Å². The molecule has 1 aromatic heterocycles. The number of nitrogens with one attached hydrogen (secondary N) is 1. The third-order valence-corrected chi connectivity index (χ3v) is 4.14. The summed E-state index contributed by atoms with van der Waals surface area (Å²) in [6.45, 7) is 2.56. The van der Waals surface area contributed by atoms with Gasteiger partial charge in [0.1, 0.15) is 5.75 Å². The minimum atomic E-state index is -0.536. The van der Waals surface area contributed by atoms with Gasteiger partial charge in [0.2, 0.25) is 0 Å². The van der Waals surface area contributed by atoms with Crippen LogP contribution < -0.4 is 15.8 Å². The lowest BCUT2D eigenvalue weighted by molar-refractivity contribution is -0.119. The third-order valence-electron chi connectivity index (χ3n) is 3.24. The molecule has 1 heterocycles. The minimum Gasteiger partial charge on any atom is -0.484 e. The van der Waals surface area contributed by atoms with Crippen LogP contribution in [0, 0.1) is 5.92 Å². The molecule has 1 aromatic carbocycles. The molecule has 0 aliphatic carbocycles. The zero-order valence-corrected chi connectivity index (χ0v) is 13.8. The molecule has 0 aliphatic heterocycles. The summed E-state index contributed by atoms with van der Waals surface area (Å²) in [4.78, 5) is 24.1. The number of hydrogen-bond donors (Lipinski definition) is 2. The summed E-state index contributed by atoms with van der Waals surface area (Å²) in [6, 6.07) is 10.8. The van der Waals surface area contributed by atoms with Crippen LogP contribution in [0.2, 0.25) is 0 Å². The Morgan fingerprint density at radius 1 is 1.26 bits per heavy atom. The molecule has 0 bridgehead atoms. The highest BCUT2D eigenvalue weighted by Crippen LogP contribution is 2.15. The van der Waals surface area contributed by atoms with Crippen LogP contribution in [0.3, 0.4) is 0 Å². The number of ether oxygens (including phenoxy) is 1. The molecular weight excluding hydrogens is 312 g/mol. The molecule has 5 nitrogen and oxygen atoms in total. The second-order valence-corrected chi connectivity index (χ2v) is 6.41. The summed E-state index contributed by atoms with van der Waals surface area (Å²) in [5.41, 5.74) is 5.56. The fraction of sp³-hybridized carbons (Fsp3) is 0.294. The van der Waals surface area contributed by atoms with Crippen molar-refractivity contribution in [3.05, 3.63) is 52.2 Å². The van der Waals surface area contributed by atoms with E-state index >= 15 is 0 Å². The molecule has 2 amide bonds. The Balaban J connectivity index is 1.79. The molecule has 2 rings (SSSR count). The number of rotatable bonds is 8. The number of carbonyl (C=O) groups excluding carboxylic acids is 2. The number of nitrogens with two attached hydrogens (primary N) is 1. The van der Waals surface area contributed by atoms with Gasteiger partial charge in [-0.15, -0.1) is 11.3 Å². The highest BCUT2D eigenvalue weighted by Gasteiger charge is 2.09. The Hall–Kier alpha value is -2.34. The van der Waals surface area contributed by atoms with Gasteiger partial charge >= 0.3 is 0 Å². The van der Waals surface area contributed by atoms with Crippen molar-refractivity contribution >= 4 is 23.2 Å². The third kappa shape index (κ3) is 5.75. The molecule has 6 heteroatoms. The molecule has 122 valence electrons. The Morgan fingerprint density at radius 2 is 2.00 bits per heavy atom. The van der Waals surface area contributed by atoms with E-state index in [0.717, 1.165) is 6.42 Å². The summed E-state index contributed by atoms with van der Waals surface area (Å²) in [6.07, 6.45) is 0.956. The van der Waals surface area contributed by atoms with Crippen LogP contribution in [0.15, 0.2) is 41.8 Å². The summed E-state index contributed by atoms with van der Waals surface area (Å²) < 4.78 is 5.15. The largest absolute Gasteiger partial charge is 0.484 e. The van der Waals surface area contributed by atoms with Gasteiger partial charge in [0.25, 0.3) is 11.8 Å². The standard InChI is InChI=1S/C17H20N2O3S/c1-12(9-15-3-2-8-23-15)10-19-17(21)13-4-6-14(7-5-13)22-11-16(18)20/h2-8,12H,9-11H2,1H3,(H2,18,20)(H,19,21). The lowest BCUT2D eigenvalue weighted by atomic mass is 10.1. The molecule has 0 saturated heterocycles. The quantitative estimate of drug-likeness (QED) is 0.778. The Bertz CT molecular complexity index is 638. The first-order valence-corrected chi connectivity index (χ1v) is 8.24. The second-order valence-electron chi connectivity index (χ2n) is 5.38. The van der Waals surface area contributed by atoms with Crippen molar-refractivity contribution in [1.82, 2.24) is 5.32 Å². The van der Waals surface area contributed by atoms with Crippen LogP contribution in [-0.4, -0.2) is 25.0 Å². The van der Waals surface area contributed by atoms with Crippen molar-refractivity contribution < 1.29 is 14.3 Å². The summed E-state index contributed by atoms with van der Waals surface area (Å²) in [5.74, 6) is 0.221. The van der Waals surface area contributed by atoms with Crippen molar-refractivity contribution in [1.29, 1.82) is 0 Å². The van der Waals surface area contributed by atoms with E-state index < -0.39 is 5.91 Å². The predicted octanol–water partition coefficient (Wildman–Crippen LogP) is 2.22. The lowest BCUT2D eigenvalue weighted by Gasteiger charge is -2.12. The molecule has 3 N–H and O–H groups in total. The SMILES string of the molecule is CC(CNC(=O)c1ccc(OCC(N)=O)cc1)Cc1cccs1. The average molecular weight is 332 g/mol. The maximum Gasteiger partial charge on any atom is 0.255 e. The van der Waals surface area contributed by atoms with Gasteiger partial charge in [-0.05, 0) is 48.1 Å². The van der Waals surface area contributed by atoms with Gasteiger partial charge in [0, 0.05) is 17.0 Å². The molecule has 0 radical (unpaired) electrons. The van der Waals surface area contributed by atoms with Crippen molar-refractivity contribution in [2.24, 2.45) is 11.7 Å². The smallest absolute Gasteiger partial charge is 0.255 e. The van der Waals surface area contributed by atoms with Crippen LogP contribution in [0.1, 0.15) is 22.2 Å². The second kappa shape index (κ2) is 8.33. The lowest BCUT2D eigenvalue weighted by Crippen LogP contribution is -2.28. The zero-order chi connectivity index (χ0) is 16.7. The normalized spacial score (nSPS) is 11.7. The maximum atomic E-state index is 12.1. The van der Waals surface area contributed by atoms with E-state index in [1.165, 1.54) is 4.88 Å². The molecule has 23 heavy (non-hydrogen) atoms. The van der Waals surface area contributed by atoms with Gasteiger partial charge in [-0.2, -0.15) is 0 Å². The van der Waals surface area contributed by atoms with E-state index in [4.69, 9.17) is 10.5 Å². The summed E-state index contributed by atoms with van der Waals surface area (Å²) in [5, 5.41) is 4.99. The monoisotopic (exact) mass is 332 g/mol. The first-order valence-electron chi connectivity index (χ1n) is 7.36. The van der Waals surface area contributed by atoms with E-state index in [-0.39, 0.29) is 12.5 Å². The van der Waals surface area contributed by atoms with E-state index in [9.17, 15) is 9.59 Å². The molecule has 0 spiro atoms. The van der Waals surface area contributed by atoms with Crippen molar-refractivity contribution in [3.8, 4) is 5.75 Å². The highest BCUT2D eigenvalue weighted by atomic mass is 32.1. The minimum absolute atomic E-state index is 0.121. The molecule has 0 saturated carbocycles. The Kier molecular flexibility index (Phi) is 6.17. The number of hydrogen-bond acceptors (Lipinski definition) is 4. The molecule has 2 aromatic rings. The van der Waals surface area contributed by atoms with Gasteiger partial charge in [-0.3, -0.25) is 9.59 Å². The molecule has 0 aliphatic rings. The Labute approximate surface area is 139 Å². The summed E-state index contributed by atoms with van der Waals surface area (Å²) in [7, 11) is 0. The van der Waals surface area contributed by atoms with Crippen LogP contribution in [0.4, 0.5) is 0 Å². The number of amides is 2. The van der Waals surface area contributed by atoms with E-state index in [0.29, 0.717) is 23.8 Å². The predicted molar refractivity (Wildman–Crippen MR) is 90.7 cm³/mol. The van der Waals surface area contributed by atoms with Crippen LogP contribution in [0.25, 0.3) is 0 Å². The van der Waals surface area contributed by atoms with Crippen molar-refractivity contribution in [3.63, 3.8) is 0 Å². The number of benzene rings is 1. The first-order chi connectivity index (χ1) is 11.0. The van der Waals surface area contributed by atoms with Crippen LogP contribution in [-0.2, 0) is 11.2 Å². The van der Waals surface area contributed by atoms with Gasteiger partial charge in [0.05, 0.1) is 0 Å².